The highest BCUT2D eigenvalue weighted by molar-refractivity contribution is 5.70. The van der Waals surface area contributed by atoms with E-state index in [9.17, 15) is 19.8 Å². The van der Waals surface area contributed by atoms with Gasteiger partial charge in [0.15, 0.2) is 6.10 Å². The first-order chi connectivity index (χ1) is 21.5. The van der Waals surface area contributed by atoms with Crippen LogP contribution in [0.1, 0.15) is 90.7 Å². The van der Waals surface area contributed by atoms with Crippen molar-refractivity contribution in [1.82, 2.24) is 14.8 Å². The topological polar surface area (TPSA) is 112 Å². The number of piperazine rings is 1. The van der Waals surface area contributed by atoms with E-state index in [-0.39, 0.29) is 31.1 Å². The van der Waals surface area contributed by atoms with Gasteiger partial charge in [0.2, 0.25) is 0 Å². The first-order valence-electron chi connectivity index (χ1n) is 16.8. The molecule has 0 aromatic carbocycles. The molecule has 1 aromatic rings. The molecule has 1 amide bonds. The van der Waals surface area contributed by atoms with Crippen LogP contribution in [-0.4, -0.2) is 93.2 Å². The number of esters is 1. The first-order valence-corrected chi connectivity index (χ1v) is 16.8. The van der Waals surface area contributed by atoms with E-state index in [1.807, 2.05) is 56.4 Å². The Morgan fingerprint density at radius 2 is 1.87 bits per heavy atom. The largest absolute Gasteiger partial charge is 0.457 e. The van der Waals surface area contributed by atoms with E-state index in [1.54, 1.807) is 24.1 Å². The van der Waals surface area contributed by atoms with Crippen molar-refractivity contribution in [3.63, 3.8) is 0 Å². The molecule has 2 fully saturated rings. The van der Waals surface area contributed by atoms with Crippen molar-refractivity contribution in [2.75, 3.05) is 26.2 Å². The molecule has 2 N–H and O–H groups in total. The third-order valence-electron chi connectivity index (χ3n) is 9.58. The molecule has 0 radical (unpaired) electrons. The molecule has 2 aliphatic heterocycles. The van der Waals surface area contributed by atoms with Gasteiger partial charge < -0.3 is 24.6 Å². The number of hydrogen-bond acceptors (Lipinski definition) is 8. The number of cyclic esters (lactones) is 1. The van der Waals surface area contributed by atoms with E-state index in [1.165, 1.54) is 32.1 Å². The summed E-state index contributed by atoms with van der Waals surface area (Å²) < 4.78 is 11.9. The van der Waals surface area contributed by atoms with Crippen LogP contribution in [-0.2, 0) is 14.3 Å². The molecule has 1 aliphatic carbocycles. The van der Waals surface area contributed by atoms with E-state index in [0.29, 0.717) is 19.1 Å². The van der Waals surface area contributed by atoms with Crippen LogP contribution in [0.25, 0.3) is 0 Å². The lowest BCUT2D eigenvalue weighted by Crippen LogP contribution is -2.53. The van der Waals surface area contributed by atoms with E-state index < -0.39 is 36.0 Å². The number of rotatable bonds is 6. The molecule has 1 aromatic heterocycles. The van der Waals surface area contributed by atoms with Crippen LogP contribution in [0.4, 0.5) is 4.79 Å². The number of aliphatic hydroxyl groups is 2. The average Bonchev–Trinajstić information content (AvgIpc) is 3.04. The second-order valence-electron chi connectivity index (χ2n) is 13.4. The number of carbonyl (C=O) groups is 2. The van der Waals surface area contributed by atoms with E-state index in [2.05, 4.69) is 16.8 Å². The monoisotopic (exact) mass is 623 g/mol. The molecule has 0 spiro atoms. The summed E-state index contributed by atoms with van der Waals surface area (Å²) in [6.07, 6.45) is 14.7. The molecule has 4 rings (SSSR count). The van der Waals surface area contributed by atoms with Crippen molar-refractivity contribution in [2.45, 2.75) is 115 Å². The Labute approximate surface area is 269 Å². The number of nitrogens with zero attached hydrogens (tertiary/aromatic N) is 3. The maximum atomic E-state index is 13.3. The predicted molar refractivity (Wildman–Crippen MR) is 175 cm³/mol. The minimum absolute atomic E-state index is 0.106. The van der Waals surface area contributed by atoms with Gasteiger partial charge >= 0.3 is 12.1 Å². The lowest BCUT2D eigenvalue weighted by Gasteiger charge is -2.41. The van der Waals surface area contributed by atoms with E-state index in [0.717, 1.165) is 24.4 Å². The predicted octanol–water partition coefficient (Wildman–Crippen LogP) is 5.54. The van der Waals surface area contributed by atoms with Crippen molar-refractivity contribution in [3.8, 4) is 0 Å². The van der Waals surface area contributed by atoms with Crippen LogP contribution in [0, 0.1) is 5.92 Å². The third-order valence-corrected chi connectivity index (χ3v) is 9.58. The minimum Gasteiger partial charge on any atom is -0.457 e. The molecule has 3 heterocycles. The lowest BCUT2D eigenvalue weighted by atomic mass is 9.88. The van der Waals surface area contributed by atoms with Gasteiger partial charge in [-0.3, -0.25) is 14.7 Å². The Kier molecular flexibility index (Phi) is 12.8. The van der Waals surface area contributed by atoms with E-state index >= 15 is 0 Å². The molecule has 248 valence electrons. The highest BCUT2D eigenvalue weighted by Gasteiger charge is 2.37. The molecule has 1 saturated carbocycles. The van der Waals surface area contributed by atoms with Gasteiger partial charge in [-0.1, -0.05) is 63.5 Å². The summed E-state index contributed by atoms with van der Waals surface area (Å²) in [5, 5.41) is 22.1. The Morgan fingerprint density at radius 3 is 2.56 bits per heavy atom. The molecular formula is C36H53N3O6. The second kappa shape index (κ2) is 16.5. The summed E-state index contributed by atoms with van der Waals surface area (Å²) in [6, 6.07) is 6.44. The Balaban J connectivity index is 1.46. The lowest BCUT2D eigenvalue weighted by molar-refractivity contribution is -0.151. The van der Waals surface area contributed by atoms with Crippen LogP contribution in [0.15, 0.2) is 60.3 Å². The number of hydrogen-bond donors (Lipinski definition) is 2. The van der Waals surface area contributed by atoms with Gasteiger partial charge in [0.05, 0.1) is 12.5 Å². The fraction of sp³-hybridized carbons (Fsp3) is 0.639. The fourth-order valence-corrected chi connectivity index (χ4v) is 6.56. The number of aromatic nitrogens is 1. The summed E-state index contributed by atoms with van der Waals surface area (Å²) in [4.78, 5) is 34.8. The standard InChI is InChI=1S/C36H53N3O6/c1-26(31-15-8-9-20-37-31)11-10-12-27(2)34-28(3)16-17-32(36(4,43)19-18-30(40)25-33(41)45-34)44-35(42)39-23-21-38(22-24-39)29-13-6-5-7-14-29/h8-12,15-17,20,26,28-30,32,34,40,43H,5-7,13-14,18-19,21-25H2,1-4H3/b11-10+,17-16-,27-12+/t26-,28+,30-,32+,34-,36-/m1/s1. The van der Waals surface area contributed by atoms with Gasteiger partial charge in [-0.25, -0.2) is 4.79 Å². The number of pyridine rings is 1. The third kappa shape index (κ3) is 10.2. The molecule has 45 heavy (non-hydrogen) atoms. The quantitative estimate of drug-likeness (QED) is 0.241. The van der Waals surface area contributed by atoms with Crippen LogP contribution in [0.3, 0.4) is 0 Å². The van der Waals surface area contributed by atoms with Crippen molar-refractivity contribution < 1.29 is 29.3 Å². The number of carbonyl (C=O) groups excluding carboxylic acids is 2. The van der Waals surface area contributed by atoms with Gasteiger partial charge in [0.25, 0.3) is 0 Å². The summed E-state index contributed by atoms with van der Waals surface area (Å²) in [6.45, 7) is 10.4. The summed E-state index contributed by atoms with van der Waals surface area (Å²) in [5.74, 6) is -0.684. The van der Waals surface area contributed by atoms with Gasteiger partial charge in [0, 0.05) is 55.9 Å². The maximum absolute atomic E-state index is 13.3. The van der Waals surface area contributed by atoms with Gasteiger partial charge in [-0.05, 0) is 63.3 Å². The molecule has 6 atom stereocenters. The van der Waals surface area contributed by atoms with Gasteiger partial charge in [-0.15, -0.1) is 0 Å². The van der Waals surface area contributed by atoms with Crippen molar-refractivity contribution >= 4 is 12.1 Å². The Morgan fingerprint density at radius 1 is 1.13 bits per heavy atom. The van der Waals surface area contributed by atoms with Gasteiger partial charge in [0.1, 0.15) is 11.7 Å². The summed E-state index contributed by atoms with van der Waals surface area (Å²) in [7, 11) is 0. The zero-order valence-corrected chi connectivity index (χ0v) is 27.5. The zero-order chi connectivity index (χ0) is 32.4. The van der Waals surface area contributed by atoms with Crippen molar-refractivity contribution in [3.05, 3.63) is 66.0 Å². The van der Waals surface area contributed by atoms with Crippen LogP contribution in [0.5, 0.6) is 0 Å². The minimum atomic E-state index is -1.44. The number of aliphatic hydroxyl groups excluding tert-OH is 1. The molecule has 0 unspecified atom stereocenters. The molecule has 9 heteroatoms. The van der Waals surface area contributed by atoms with Crippen molar-refractivity contribution in [1.29, 1.82) is 0 Å². The molecular weight excluding hydrogens is 570 g/mol. The average molecular weight is 624 g/mol. The maximum Gasteiger partial charge on any atom is 0.410 e. The zero-order valence-electron chi connectivity index (χ0n) is 27.5. The number of allylic oxidation sites excluding steroid dienone is 3. The first kappa shape index (κ1) is 34.9. The number of amides is 1. The SMILES string of the molecule is C/C(=C\C=C\[C@@H](C)c1ccccn1)[C@H]1OC(=O)C[C@H](O)CC[C@@](C)(O)[C@@H](OC(=O)N2CCN(C3CCCCC3)CC2)/C=C\[C@@H]1C. The highest BCUT2D eigenvalue weighted by atomic mass is 16.6. The van der Waals surface area contributed by atoms with Gasteiger partial charge in [-0.2, -0.15) is 0 Å². The number of ether oxygens (including phenoxy) is 2. The molecule has 9 nitrogen and oxygen atoms in total. The summed E-state index contributed by atoms with van der Waals surface area (Å²) >= 11 is 0. The fourth-order valence-electron chi connectivity index (χ4n) is 6.56. The highest BCUT2D eigenvalue weighted by Crippen LogP contribution is 2.28. The Hall–Kier alpha value is -3.01. The molecule has 3 aliphatic rings. The van der Waals surface area contributed by atoms with E-state index in [4.69, 9.17) is 9.47 Å². The van der Waals surface area contributed by atoms with Crippen molar-refractivity contribution in [2.24, 2.45) is 5.92 Å². The second-order valence-corrected chi connectivity index (χ2v) is 13.4. The Bertz CT molecular complexity index is 1180. The smallest absolute Gasteiger partial charge is 0.410 e. The van der Waals surface area contributed by atoms with Crippen LogP contribution in [0.2, 0.25) is 0 Å². The molecule has 1 saturated heterocycles. The normalized spacial score (nSPS) is 31.5. The molecule has 0 bridgehead atoms. The van der Waals surface area contributed by atoms with Crippen LogP contribution >= 0.6 is 0 Å². The van der Waals surface area contributed by atoms with Crippen LogP contribution < -0.4 is 0 Å². The summed E-state index contributed by atoms with van der Waals surface area (Å²) in [5.41, 5.74) is 0.346.